The van der Waals surface area contributed by atoms with Crippen molar-refractivity contribution in [3.8, 4) is 0 Å². The molecule has 0 amide bonds. The number of furan rings is 1. The van der Waals surface area contributed by atoms with Gasteiger partial charge in [-0.05, 0) is 57.5 Å². The summed E-state index contributed by atoms with van der Waals surface area (Å²) in [5, 5.41) is 21.4. The van der Waals surface area contributed by atoms with E-state index >= 15 is 0 Å². The van der Waals surface area contributed by atoms with Crippen molar-refractivity contribution >= 4 is 17.9 Å². The fraction of sp³-hybridized carbons (Fsp3) is 0.556. The highest BCUT2D eigenvalue weighted by atomic mass is 19.4. The van der Waals surface area contributed by atoms with E-state index < -0.39 is 36.4 Å². The fourth-order valence-corrected chi connectivity index (χ4v) is 4.24. The summed E-state index contributed by atoms with van der Waals surface area (Å²) < 4.78 is 107. The van der Waals surface area contributed by atoms with Crippen LogP contribution in [0.15, 0.2) is 40.9 Å². The minimum Gasteiger partial charge on any atom is -0.475 e. The summed E-state index contributed by atoms with van der Waals surface area (Å²) >= 11 is 0. The number of likely N-dealkylation sites (N-methyl/N-ethyl adjacent to an activating group) is 1. The Bertz CT molecular complexity index is 1220. The molecule has 2 saturated heterocycles. The van der Waals surface area contributed by atoms with Crippen molar-refractivity contribution in [2.24, 2.45) is 0 Å². The Morgan fingerprint density at radius 2 is 1.38 bits per heavy atom. The van der Waals surface area contributed by atoms with Crippen LogP contribution in [0.25, 0.3) is 0 Å². The van der Waals surface area contributed by atoms with Crippen LogP contribution in [0.4, 0.5) is 39.5 Å². The number of aromatic nitrogens is 1. The number of halogens is 9. The van der Waals surface area contributed by atoms with Crippen LogP contribution in [0.3, 0.4) is 0 Å². The van der Waals surface area contributed by atoms with Crippen molar-refractivity contribution in [3.05, 3.63) is 53.7 Å². The molecule has 0 aliphatic carbocycles. The van der Waals surface area contributed by atoms with E-state index in [9.17, 15) is 39.5 Å². The van der Waals surface area contributed by atoms with Crippen molar-refractivity contribution in [2.75, 3.05) is 26.7 Å². The zero-order valence-corrected chi connectivity index (χ0v) is 24.8. The molecule has 0 radical (unpaired) electrons. The Labute approximate surface area is 261 Å². The molecule has 2 aliphatic rings. The summed E-state index contributed by atoms with van der Waals surface area (Å²) in [6, 6.07) is 10.7. The van der Waals surface area contributed by atoms with Gasteiger partial charge in [0.05, 0.1) is 24.4 Å². The van der Waals surface area contributed by atoms with Crippen molar-refractivity contribution < 1.29 is 78.4 Å². The first-order valence-corrected chi connectivity index (χ1v) is 13.4. The molecule has 20 heteroatoms. The monoisotopic (exact) mass is 697 g/mol. The van der Waals surface area contributed by atoms with Gasteiger partial charge in [-0.3, -0.25) is 14.8 Å². The van der Waals surface area contributed by atoms with E-state index in [1.54, 1.807) is 0 Å². The Kier molecular flexibility index (Phi) is 15.1. The van der Waals surface area contributed by atoms with E-state index in [0.29, 0.717) is 6.04 Å². The van der Waals surface area contributed by atoms with E-state index in [0.717, 1.165) is 69.3 Å². The van der Waals surface area contributed by atoms with Crippen LogP contribution in [0, 0.1) is 6.92 Å². The molecule has 2 aromatic heterocycles. The first-order chi connectivity index (χ1) is 21.4. The number of pyridine rings is 1. The van der Waals surface area contributed by atoms with Gasteiger partial charge in [-0.25, -0.2) is 14.4 Å². The van der Waals surface area contributed by atoms with Crippen LogP contribution in [-0.4, -0.2) is 105 Å². The SMILES string of the molecule is Cc1ccc(CN2CCC3(CC2)CC(N(C)Cc2ccccn2)CO3)o1.O=C(O)C(F)(F)F.O=C(O)C(F)(F)F.O=C(O)C(F)(F)F. The molecule has 0 saturated carbocycles. The Morgan fingerprint density at radius 1 is 0.894 bits per heavy atom. The highest BCUT2D eigenvalue weighted by Crippen LogP contribution is 2.38. The molecule has 47 heavy (non-hydrogen) atoms. The van der Waals surface area contributed by atoms with Gasteiger partial charge in [0.15, 0.2) is 0 Å². The van der Waals surface area contributed by atoms with Gasteiger partial charge in [0, 0.05) is 31.9 Å². The minimum absolute atomic E-state index is 0.0681. The van der Waals surface area contributed by atoms with Gasteiger partial charge in [-0.1, -0.05) is 6.07 Å². The molecular weight excluding hydrogens is 665 g/mol. The molecule has 2 aliphatic heterocycles. The molecule has 1 atom stereocenters. The highest BCUT2D eigenvalue weighted by molar-refractivity contribution is 5.73. The van der Waals surface area contributed by atoms with E-state index in [1.165, 1.54) is 0 Å². The molecule has 11 nitrogen and oxygen atoms in total. The zero-order chi connectivity index (χ0) is 36.2. The summed E-state index contributed by atoms with van der Waals surface area (Å²) in [6.45, 7) is 6.79. The number of alkyl halides is 9. The number of rotatable bonds is 5. The molecule has 0 bridgehead atoms. The van der Waals surface area contributed by atoms with Crippen LogP contribution in [0.1, 0.15) is 36.5 Å². The number of aliphatic carboxylic acids is 3. The summed E-state index contributed by atoms with van der Waals surface area (Å²) in [6.07, 6.45) is -10.0. The van der Waals surface area contributed by atoms with Gasteiger partial charge in [0.25, 0.3) is 0 Å². The first-order valence-electron chi connectivity index (χ1n) is 13.4. The Hall–Kier alpha value is -3.91. The van der Waals surface area contributed by atoms with Gasteiger partial charge in [-0.15, -0.1) is 0 Å². The summed E-state index contributed by atoms with van der Waals surface area (Å²) in [7, 11) is 2.19. The van der Waals surface area contributed by atoms with Crippen LogP contribution in [-0.2, 0) is 32.2 Å². The first kappa shape index (κ1) is 41.1. The molecule has 266 valence electrons. The number of piperidine rings is 1. The lowest BCUT2D eigenvalue weighted by atomic mass is 9.87. The number of ether oxygens (including phenoxy) is 1. The predicted octanol–water partition coefficient (Wildman–Crippen LogP) is 5.14. The molecule has 2 fully saturated rings. The lowest BCUT2D eigenvalue weighted by Crippen LogP contribution is -2.44. The van der Waals surface area contributed by atoms with Crippen molar-refractivity contribution in [2.45, 2.75) is 69.4 Å². The maximum atomic E-state index is 10.6. The number of hydrogen-bond acceptors (Lipinski definition) is 8. The number of aryl methyl sites for hydroxylation is 1. The van der Waals surface area contributed by atoms with Crippen molar-refractivity contribution in [1.82, 2.24) is 14.8 Å². The number of carboxylic acid groups (broad SMARTS) is 3. The molecule has 1 spiro atoms. The van der Waals surface area contributed by atoms with Crippen LogP contribution in [0.5, 0.6) is 0 Å². The van der Waals surface area contributed by atoms with Crippen LogP contribution < -0.4 is 0 Å². The molecule has 2 aromatic rings. The van der Waals surface area contributed by atoms with Gasteiger partial charge < -0.3 is 24.5 Å². The molecule has 0 aromatic carbocycles. The van der Waals surface area contributed by atoms with Crippen LogP contribution >= 0.6 is 0 Å². The Morgan fingerprint density at radius 3 is 1.77 bits per heavy atom. The third-order valence-corrected chi connectivity index (χ3v) is 6.62. The smallest absolute Gasteiger partial charge is 0.475 e. The molecule has 1 unspecified atom stereocenters. The summed E-state index contributed by atoms with van der Waals surface area (Å²) in [5.41, 5.74) is 1.19. The minimum atomic E-state index is -5.08. The summed E-state index contributed by atoms with van der Waals surface area (Å²) in [4.78, 5) is 36.0. The number of nitrogens with zero attached hydrogens (tertiary/aromatic N) is 3. The van der Waals surface area contributed by atoms with E-state index in [1.807, 2.05) is 25.3 Å². The second-order valence-corrected chi connectivity index (χ2v) is 10.3. The second-order valence-electron chi connectivity index (χ2n) is 10.3. The molecule has 4 heterocycles. The third kappa shape index (κ3) is 15.5. The average Bonchev–Trinajstić information content (AvgIpc) is 3.56. The van der Waals surface area contributed by atoms with Gasteiger partial charge in [-0.2, -0.15) is 39.5 Å². The normalized spacial score (nSPS) is 17.8. The quantitative estimate of drug-likeness (QED) is 0.356. The largest absolute Gasteiger partial charge is 0.490 e. The maximum absolute atomic E-state index is 10.6. The molecular formula is C27H32F9N3O8. The van der Waals surface area contributed by atoms with Crippen LogP contribution in [0.2, 0.25) is 0 Å². The standard InChI is InChI=1S/C21H29N3O2.3C2HF3O2/c1-17-6-7-20(26-17)15-24-11-8-21(9-12-24)13-19(16-25-21)23(2)14-18-5-3-4-10-22-18;3*3-2(4,5)1(6)7/h3-7,10,19H,8-9,11-16H2,1-2H3;3*(H,6,7). The fourth-order valence-electron chi connectivity index (χ4n) is 4.24. The third-order valence-electron chi connectivity index (χ3n) is 6.62. The van der Waals surface area contributed by atoms with E-state index in [2.05, 4.69) is 40.0 Å². The van der Waals surface area contributed by atoms with Crippen molar-refractivity contribution in [3.63, 3.8) is 0 Å². The highest BCUT2D eigenvalue weighted by Gasteiger charge is 2.44. The lowest BCUT2D eigenvalue weighted by molar-refractivity contribution is -0.193. The van der Waals surface area contributed by atoms with Gasteiger partial charge in [0.1, 0.15) is 11.5 Å². The lowest BCUT2D eigenvalue weighted by Gasteiger charge is -2.38. The zero-order valence-electron chi connectivity index (χ0n) is 24.8. The predicted molar refractivity (Wildman–Crippen MR) is 142 cm³/mol. The van der Waals surface area contributed by atoms with E-state index in [4.69, 9.17) is 38.9 Å². The number of carbonyl (C=O) groups is 3. The second kappa shape index (κ2) is 17.3. The summed E-state index contributed by atoms with van der Waals surface area (Å²) in [5.74, 6) is -6.21. The number of likely N-dealkylation sites (tertiary alicyclic amines) is 1. The maximum Gasteiger partial charge on any atom is 0.490 e. The van der Waals surface area contributed by atoms with Gasteiger partial charge in [0.2, 0.25) is 0 Å². The number of hydrogen-bond donors (Lipinski definition) is 3. The van der Waals surface area contributed by atoms with E-state index in [-0.39, 0.29) is 5.60 Å². The topological polar surface area (TPSA) is 154 Å². The average molecular weight is 698 g/mol. The van der Waals surface area contributed by atoms with Gasteiger partial charge >= 0.3 is 36.4 Å². The molecule has 3 N–H and O–H groups in total. The number of carboxylic acids is 3. The Balaban J connectivity index is 0.000000430. The van der Waals surface area contributed by atoms with Crippen molar-refractivity contribution in [1.29, 1.82) is 0 Å². The molecule has 4 rings (SSSR count).